The van der Waals surface area contributed by atoms with Crippen LogP contribution in [0.5, 0.6) is 0 Å². The number of carbonyl (C=O) groups excluding carboxylic acids is 1. The largest absolute Gasteiger partial charge is 0.477 e. The lowest BCUT2D eigenvalue weighted by molar-refractivity contribution is -0.125. The van der Waals surface area contributed by atoms with Crippen LogP contribution < -0.4 is 11.1 Å². The van der Waals surface area contributed by atoms with Gasteiger partial charge in [-0.2, -0.15) is 0 Å². The number of carboxylic acids is 1. The molecule has 104 valence electrons. The van der Waals surface area contributed by atoms with Crippen LogP contribution in [0.25, 0.3) is 10.9 Å². The second-order valence-corrected chi connectivity index (χ2v) is 4.18. The number of pyridine rings is 1. The summed E-state index contributed by atoms with van der Waals surface area (Å²) in [5.41, 5.74) is 5.80. The quantitative estimate of drug-likeness (QED) is 0.617. The van der Waals surface area contributed by atoms with Crippen molar-refractivity contribution in [2.24, 2.45) is 5.73 Å². The molecule has 1 aromatic heterocycles. The molecular weight excluding hydrogens is 262 g/mol. The van der Waals surface area contributed by atoms with Crippen molar-refractivity contribution in [2.45, 2.75) is 6.10 Å². The number of nitrogens with one attached hydrogen (secondary N) is 1. The molecule has 1 amide bonds. The molecule has 0 bridgehead atoms. The molecule has 2 rings (SSSR count). The molecule has 1 heterocycles. The molecule has 7 nitrogen and oxygen atoms in total. The van der Waals surface area contributed by atoms with Gasteiger partial charge in [0.2, 0.25) is 5.91 Å². The van der Waals surface area contributed by atoms with Gasteiger partial charge in [-0.1, -0.05) is 18.2 Å². The van der Waals surface area contributed by atoms with E-state index in [9.17, 15) is 14.7 Å². The van der Waals surface area contributed by atoms with Crippen LogP contribution in [0.4, 0.5) is 5.69 Å². The Bertz CT molecular complexity index is 672. The van der Waals surface area contributed by atoms with E-state index in [1.165, 1.54) is 6.07 Å². The van der Waals surface area contributed by atoms with Crippen molar-refractivity contribution in [3.05, 3.63) is 36.0 Å². The molecule has 0 radical (unpaired) electrons. The molecule has 7 heteroatoms. The topological polar surface area (TPSA) is 126 Å². The summed E-state index contributed by atoms with van der Waals surface area (Å²) in [7, 11) is 0. The van der Waals surface area contributed by atoms with E-state index in [1.807, 2.05) is 0 Å². The first-order chi connectivity index (χ1) is 9.49. The minimum absolute atomic E-state index is 0.109. The molecule has 0 fully saturated rings. The summed E-state index contributed by atoms with van der Waals surface area (Å²) in [6, 6.07) is 8.30. The Labute approximate surface area is 114 Å². The predicted octanol–water partition coefficient (Wildman–Crippen LogP) is 0.191. The second-order valence-electron chi connectivity index (χ2n) is 4.18. The number of benzene rings is 1. The number of aromatic carboxylic acids is 1. The van der Waals surface area contributed by atoms with E-state index in [4.69, 9.17) is 10.8 Å². The SMILES string of the molecule is NC(=O)C(O)CNc1cc(C(=O)O)nc2ccccc12. The number of fused-ring (bicyclic) bond motifs is 1. The van der Waals surface area contributed by atoms with Crippen molar-refractivity contribution in [1.29, 1.82) is 0 Å². The van der Waals surface area contributed by atoms with Gasteiger partial charge in [0.1, 0.15) is 6.10 Å². The van der Waals surface area contributed by atoms with Gasteiger partial charge in [0.25, 0.3) is 0 Å². The first-order valence-electron chi connectivity index (χ1n) is 5.83. The van der Waals surface area contributed by atoms with Gasteiger partial charge in [0, 0.05) is 17.6 Å². The van der Waals surface area contributed by atoms with E-state index in [1.54, 1.807) is 24.3 Å². The highest BCUT2D eigenvalue weighted by molar-refractivity contribution is 5.97. The molecule has 5 N–H and O–H groups in total. The summed E-state index contributed by atoms with van der Waals surface area (Å²) in [6.07, 6.45) is -1.35. The van der Waals surface area contributed by atoms with Gasteiger partial charge < -0.3 is 21.3 Å². The molecule has 1 atom stereocenters. The average Bonchev–Trinajstić information content (AvgIpc) is 2.43. The number of carboxylic acid groups (broad SMARTS) is 1. The fourth-order valence-electron chi connectivity index (χ4n) is 1.74. The van der Waals surface area contributed by atoms with Crippen LogP contribution >= 0.6 is 0 Å². The third kappa shape index (κ3) is 2.83. The number of rotatable bonds is 5. The van der Waals surface area contributed by atoms with Gasteiger partial charge in [0.05, 0.1) is 5.52 Å². The zero-order valence-corrected chi connectivity index (χ0v) is 10.4. The molecule has 1 unspecified atom stereocenters. The van der Waals surface area contributed by atoms with Gasteiger partial charge >= 0.3 is 5.97 Å². The molecule has 0 aliphatic heterocycles. The molecule has 0 spiro atoms. The third-order valence-corrected chi connectivity index (χ3v) is 2.75. The van der Waals surface area contributed by atoms with Crippen LogP contribution in [-0.2, 0) is 4.79 Å². The number of para-hydroxylation sites is 1. The van der Waals surface area contributed by atoms with Gasteiger partial charge in [0.15, 0.2) is 5.69 Å². The lowest BCUT2D eigenvalue weighted by Crippen LogP contribution is -2.34. The Balaban J connectivity index is 2.39. The van der Waals surface area contributed by atoms with Crippen LogP contribution in [0, 0.1) is 0 Å². The van der Waals surface area contributed by atoms with E-state index < -0.39 is 18.0 Å². The van der Waals surface area contributed by atoms with Gasteiger partial charge in [-0.05, 0) is 12.1 Å². The summed E-state index contributed by atoms with van der Waals surface area (Å²) >= 11 is 0. The summed E-state index contributed by atoms with van der Waals surface area (Å²) in [6.45, 7) is -0.109. The fraction of sp³-hybridized carbons (Fsp3) is 0.154. The van der Waals surface area contributed by atoms with Gasteiger partial charge in [-0.3, -0.25) is 4.79 Å². The molecule has 0 aliphatic rings. The highest BCUT2D eigenvalue weighted by atomic mass is 16.4. The van der Waals surface area contributed by atoms with Gasteiger partial charge in [-0.15, -0.1) is 0 Å². The zero-order chi connectivity index (χ0) is 14.7. The van der Waals surface area contributed by atoms with Crippen LogP contribution in [-0.4, -0.2) is 39.7 Å². The molecular formula is C13H13N3O4. The first kappa shape index (κ1) is 13.8. The molecule has 20 heavy (non-hydrogen) atoms. The normalized spacial score (nSPS) is 12.1. The van der Waals surface area contributed by atoms with Crippen LogP contribution in [0.2, 0.25) is 0 Å². The van der Waals surface area contributed by atoms with E-state index >= 15 is 0 Å². The summed E-state index contributed by atoms with van der Waals surface area (Å²) in [5.74, 6) is -2.01. The Morgan fingerprint density at radius 1 is 1.35 bits per heavy atom. The number of nitrogens with two attached hydrogens (primary N) is 1. The third-order valence-electron chi connectivity index (χ3n) is 2.75. The minimum atomic E-state index is -1.35. The highest BCUT2D eigenvalue weighted by Crippen LogP contribution is 2.23. The number of hydrogen-bond donors (Lipinski definition) is 4. The fourth-order valence-corrected chi connectivity index (χ4v) is 1.74. The maximum absolute atomic E-state index is 11.0. The van der Waals surface area contributed by atoms with E-state index in [-0.39, 0.29) is 12.2 Å². The number of aliphatic hydroxyl groups is 1. The standard InChI is InChI=1S/C13H13N3O4/c14-12(18)11(17)6-15-9-5-10(13(19)20)16-8-4-2-1-3-7(8)9/h1-5,11,17H,6H2,(H2,14,18)(H,15,16)(H,19,20). The molecule has 0 saturated heterocycles. The number of hydrogen-bond acceptors (Lipinski definition) is 5. The maximum atomic E-state index is 11.0. The van der Waals surface area contributed by atoms with Crippen LogP contribution in [0.3, 0.4) is 0 Å². The Morgan fingerprint density at radius 3 is 2.70 bits per heavy atom. The Kier molecular flexibility index (Phi) is 3.81. The first-order valence-corrected chi connectivity index (χ1v) is 5.83. The van der Waals surface area contributed by atoms with Crippen molar-refractivity contribution in [1.82, 2.24) is 4.98 Å². The van der Waals surface area contributed by atoms with Crippen molar-refractivity contribution >= 4 is 28.5 Å². The highest BCUT2D eigenvalue weighted by Gasteiger charge is 2.14. The van der Waals surface area contributed by atoms with Crippen molar-refractivity contribution in [3.63, 3.8) is 0 Å². The Hall–Kier alpha value is -2.67. The maximum Gasteiger partial charge on any atom is 0.354 e. The molecule has 0 saturated carbocycles. The zero-order valence-electron chi connectivity index (χ0n) is 10.4. The number of aliphatic hydroxyl groups excluding tert-OH is 1. The number of nitrogens with zero attached hydrogens (tertiary/aromatic N) is 1. The number of carbonyl (C=O) groups is 2. The van der Waals surface area contributed by atoms with Crippen LogP contribution in [0.1, 0.15) is 10.5 Å². The summed E-state index contributed by atoms with van der Waals surface area (Å²) in [4.78, 5) is 25.8. The average molecular weight is 275 g/mol. The Morgan fingerprint density at radius 2 is 2.05 bits per heavy atom. The van der Waals surface area contributed by atoms with Crippen molar-refractivity contribution in [2.75, 3.05) is 11.9 Å². The van der Waals surface area contributed by atoms with Crippen LogP contribution in [0.15, 0.2) is 30.3 Å². The lowest BCUT2D eigenvalue weighted by atomic mass is 10.1. The minimum Gasteiger partial charge on any atom is -0.477 e. The smallest absolute Gasteiger partial charge is 0.354 e. The second kappa shape index (κ2) is 5.54. The molecule has 2 aromatic rings. The van der Waals surface area contributed by atoms with E-state index in [2.05, 4.69) is 10.3 Å². The van der Waals surface area contributed by atoms with Crippen molar-refractivity contribution < 1.29 is 19.8 Å². The number of amides is 1. The van der Waals surface area contributed by atoms with Gasteiger partial charge in [-0.25, -0.2) is 9.78 Å². The monoisotopic (exact) mass is 275 g/mol. The molecule has 1 aromatic carbocycles. The number of anilines is 1. The number of primary amides is 1. The van der Waals surface area contributed by atoms with Crippen molar-refractivity contribution in [3.8, 4) is 0 Å². The van der Waals surface area contributed by atoms with E-state index in [0.717, 1.165) is 0 Å². The predicted molar refractivity (Wildman–Crippen MR) is 72.4 cm³/mol. The number of aromatic nitrogens is 1. The summed E-state index contributed by atoms with van der Waals surface area (Å²) < 4.78 is 0. The summed E-state index contributed by atoms with van der Waals surface area (Å²) in [5, 5.41) is 21.9. The van der Waals surface area contributed by atoms with E-state index in [0.29, 0.717) is 16.6 Å². The molecule has 0 aliphatic carbocycles. The lowest BCUT2D eigenvalue weighted by Gasteiger charge is -2.12.